The highest BCUT2D eigenvalue weighted by atomic mass is 16.5. The number of hydrogen-bond acceptors (Lipinski definition) is 5. The van der Waals surface area contributed by atoms with Crippen LogP contribution in [0.1, 0.15) is 73.6 Å². The number of carbonyl (C=O) groups is 1. The second-order valence-corrected chi connectivity index (χ2v) is 9.69. The van der Waals surface area contributed by atoms with Crippen molar-refractivity contribution >= 4 is 17.0 Å². The van der Waals surface area contributed by atoms with Crippen LogP contribution in [-0.4, -0.2) is 36.9 Å². The summed E-state index contributed by atoms with van der Waals surface area (Å²) < 4.78 is 8.15. The van der Waals surface area contributed by atoms with Gasteiger partial charge in [-0.25, -0.2) is 14.9 Å². The maximum atomic E-state index is 12.9. The SMILES string of the molecule is CC(C)c1nc2c(OC3CCCCC3)n[nH]c(=O)c2n1Cc1ccc(-c2ccccc2C(=O)O)cc1. The van der Waals surface area contributed by atoms with Crippen molar-refractivity contribution in [1.29, 1.82) is 0 Å². The topological polar surface area (TPSA) is 110 Å². The van der Waals surface area contributed by atoms with Crippen LogP contribution in [0.3, 0.4) is 0 Å². The van der Waals surface area contributed by atoms with Gasteiger partial charge in [0.05, 0.1) is 5.56 Å². The molecule has 186 valence electrons. The smallest absolute Gasteiger partial charge is 0.336 e. The van der Waals surface area contributed by atoms with Crippen molar-refractivity contribution in [3.63, 3.8) is 0 Å². The third-order valence-corrected chi connectivity index (χ3v) is 6.78. The highest BCUT2D eigenvalue weighted by Crippen LogP contribution is 2.29. The zero-order valence-electron chi connectivity index (χ0n) is 20.5. The first-order valence-electron chi connectivity index (χ1n) is 12.5. The zero-order valence-corrected chi connectivity index (χ0v) is 20.5. The molecule has 0 amide bonds. The molecule has 0 radical (unpaired) electrons. The summed E-state index contributed by atoms with van der Waals surface area (Å²) in [5.41, 5.74) is 3.38. The second-order valence-electron chi connectivity index (χ2n) is 9.69. The first-order valence-corrected chi connectivity index (χ1v) is 12.5. The van der Waals surface area contributed by atoms with Crippen LogP contribution in [0, 0.1) is 0 Å². The molecule has 0 saturated heterocycles. The molecule has 1 saturated carbocycles. The van der Waals surface area contributed by atoms with Crippen LogP contribution in [0.5, 0.6) is 5.88 Å². The van der Waals surface area contributed by atoms with Crippen LogP contribution in [0.4, 0.5) is 0 Å². The number of rotatable bonds is 7. The molecule has 0 unspecified atom stereocenters. The van der Waals surface area contributed by atoms with E-state index in [1.165, 1.54) is 6.42 Å². The van der Waals surface area contributed by atoms with E-state index >= 15 is 0 Å². The third kappa shape index (κ3) is 4.63. The van der Waals surface area contributed by atoms with E-state index in [0.29, 0.717) is 29.0 Å². The van der Waals surface area contributed by atoms with E-state index in [0.717, 1.165) is 42.6 Å². The molecule has 5 rings (SSSR count). The number of imidazole rings is 1. The Hall–Kier alpha value is -3.94. The molecule has 0 spiro atoms. The van der Waals surface area contributed by atoms with Gasteiger partial charge >= 0.3 is 5.97 Å². The van der Waals surface area contributed by atoms with Gasteiger partial charge in [0.1, 0.15) is 17.4 Å². The van der Waals surface area contributed by atoms with Gasteiger partial charge in [-0.2, -0.15) is 0 Å². The molecular formula is C28H30N4O4. The third-order valence-electron chi connectivity index (χ3n) is 6.78. The van der Waals surface area contributed by atoms with Crippen LogP contribution < -0.4 is 10.3 Å². The Morgan fingerprint density at radius 1 is 1.11 bits per heavy atom. The Kier molecular flexibility index (Phi) is 6.59. The van der Waals surface area contributed by atoms with Gasteiger partial charge < -0.3 is 14.4 Å². The first-order chi connectivity index (χ1) is 17.4. The van der Waals surface area contributed by atoms with Gasteiger partial charge in [-0.1, -0.05) is 62.7 Å². The van der Waals surface area contributed by atoms with E-state index in [1.54, 1.807) is 18.2 Å². The van der Waals surface area contributed by atoms with Gasteiger partial charge in [0.25, 0.3) is 11.4 Å². The minimum atomic E-state index is -0.958. The molecule has 4 aromatic rings. The fourth-order valence-corrected chi connectivity index (χ4v) is 4.97. The Morgan fingerprint density at radius 2 is 1.83 bits per heavy atom. The average molecular weight is 487 g/mol. The number of carboxylic acids is 1. The zero-order chi connectivity index (χ0) is 25.2. The number of nitrogens with one attached hydrogen (secondary N) is 1. The molecule has 2 aromatic carbocycles. The number of carboxylic acid groups (broad SMARTS) is 1. The van der Waals surface area contributed by atoms with Crippen molar-refractivity contribution in [3.05, 3.63) is 75.8 Å². The molecule has 0 bridgehead atoms. The lowest BCUT2D eigenvalue weighted by Gasteiger charge is -2.22. The molecule has 8 heteroatoms. The number of ether oxygens (including phenoxy) is 1. The number of nitrogens with zero attached hydrogens (tertiary/aromatic N) is 3. The average Bonchev–Trinajstić information content (AvgIpc) is 3.27. The molecule has 1 aliphatic carbocycles. The van der Waals surface area contributed by atoms with Gasteiger partial charge in [-0.15, -0.1) is 5.10 Å². The summed E-state index contributed by atoms with van der Waals surface area (Å²) in [6.45, 7) is 4.54. The van der Waals surface area contributed by atoms with E-state index in [1.807, 2.05) is 48.7 Å². The number of benzene rings is 2. The summed E-state index contributed by atoms with van der Waals surface area (Å²) >= 11 is 0. The van der Waals surface area contributed by atoms with E-state index < -0.39 is 5.97 Å². The monoisotopic (exact) mass is 486 g/mol. The molecule has 1 aliphatic rings. The van der Waals surface area contributed by atoms with Crippen molar-refractivity contribution in [2.24, 2.45) is 0 Å². The maximum Gasteiger partial charge on any atom is 0.336 e. The number of H-pyrrole nitrogens is 1. The number of aromatic carboxylic acids is 1. The van der Waals surface area contributed by atoms with Gasteiger partial charge in [0, 0.05) is 12.5 Å². The van der Waals surface area contributed by atoms with Crippen molar-refractivity contribution < 1.29 is 14.6 Å². The fraction of sp³-hybridized carbons (Fsp3) is 0.357. The molecule has 0 aliphatic heterocycles. The van der Waals surface area contributed by atoms with Gasteiger partial charge in [-0.3, -0.25) is 4.79 Å². The highest BCUT2D eigenvalue weighted by Gasteiger charge is 2.23. The Labute approximate surface area is 209 Å². The number of fused-ring (bicyclic) bond motifs is 1. The van der Waals surface area contributed by atoms with Crippen molar-refractivity contribution in [2.45, 2.75) is 64.5 Å². The molecule has 2 aromatic heterocycles. The first kappa shape index (κ1) is 23.8. The number of hydrogen-bond donors (Lipinski definition) is 2. The second kappa shape index (κ2) is 9.97. The van der Waals surface area contributed by atoms with E-state index in [4.69, 9.17) is 9.72 Å². The molecular weight excluding hydrogens is 456 g/mol. The lowest BCUT2D eigenvalue weighted by Crippen LogP contribution is -2.22. The number of aromatic nitrogens is 4. The Bertz CT molecular complexity index is 1450. The maximum absolute atomic E-state index is 12.9. The lowest BCUT2D eigenvalue weighted by molar-refractivity contribution is 0.0697. The minimum absolute atomic E-state index is 0.0843. The summed E-state index contributed by atoms with van der Waals surface area (Å²) in [4.78, 5) is 29.4. The standard InChI is InChI=1S/C28H30N4O4/c1-17(2)25-29-23-24(26(33)30-31-27(23)36-20-8-4-3-5-9-20)32(25)16-18-12-14-19(15-13-18)21-10-6-7-11-22(21)28(34)35/h6-7,10-15,17,20H,3-5,8-9,16H2,1-2H3,(H,30,33)(H,34,35). The molecule has 2 heterocycles. The summed E-state index contributed by atoms with van der Waals surface area (Å²) in [6, 6.07) is 14.7. The normalized spacial score (nSPS) is 14.4. The number of aromatic amines is 1. The lowest BCUT2D eigenvalue weighted by atomic mass is 9.98. The van der Waals surface area contributed by atoms with E-state index in [-0.39, 0.29) is 23.1 Å². The van der Waals surface area contributed by atoms with Gasteiger partial charge in [0.15, 0.2) is 5.52 Å². The van der Waals surface area contributed by atoms with E-state index in [9.17, 15) is 14.7 Å². The minimum Gasteiger partial charge on any atom is -0.478 e. The Balaban J connectivity index is 1.50. The predicted octanol–water partition coefficient (Wildman–Crippen LogP) is 5.37. The largest absolute Gasteiger partial charge is 0.478 e. The van der Waals surface area contributed by atoms with Crippen LogP contribution >= 0.6 is 0 Å². The molecule has 2 N–H and O–H groups in total. The summed E-state index contributed by atoms with van der Waals surface area (Å²) in [5, 5.41) is 16.3. The predicted molar refractivity (Wildman–Crippen MR) is 138 cm³/mol. The van der Waals surface area contributed by atoms with Crippen molar-refractivity contribution in [2.75, 3.05) is 0 Å². The van der Waals surface area contributed by atoms with Crippen LogP contribution in [0.25, 0.3) is 22.2 Å². The fourth-order valence-electron chi connectivity index (χ4n) is 4.97. The van der Waals surface area contributed by atoms with Crippen LogP contribution in [-0.2, 0) is 6.54 Å². The molecule has 8 nitrogen and oxygen atoms in total. The highest BCUT2D eigenvalue weighted by molar-refractivity contribution is 5.96. The Morgan fingerprint density at radius 3 is 2.53 bits per heavy atom. The summed E-state index contributed by atoms with van der Waals surface area (Å²) in [7, 11) is 0. The van der Waals surface area contributed by atoms with Crippen LogP contribution in [0.15, 0.2) is 53.3 Å². The quantitative estimate of drug-likeness (QED) is 0.363. The summed E-state index contributed by atoms with van der Waals surface area (Å²) in [6.07, 6.45) is 5.55. The van der Waals surface area contributed by atoms with Crippen molar-refractivity contribution in [1.82, 2.24) is 19.7 Å². The van der Waals surface area contributed by atoms with Crippen molar-refractivity contribution in [3.8, 4) is 17.0 Å². The van der Waals surface area contributed by atoms with Crippen LogP contribution in [0.2, 0.25) is 0 Å². The molecule has 36 heavy (non-hydrogen) atoms. The molecule has 0 atom stereocenters. The van der Waals surface area contributed by atoms with E-state index in [2.05, 4.69) is 10.2 Å². The van der Waals surface area contributed by atoms with Gasteiger partial charge in [-0.05, 0) is 48.4 Å². The molecule has 1 fully saturated rings. The summed E-state index contributed by atoms with van der Waals surface area (Å²) in [5.74, 6) is 0.302. The van der Waals surface area contributed by atoms with Gasteiger partial charge in [0.2, 0.25) is 0 Å².